The molecule has 39 heavy (non-hydrogen) atoms. The zero-order valence-corrected chi connectivity index (χ0v) is 19.9. The molecule has 2 N–H and O–H groups in total. The number of anilines is 1. The fraction of sp³-hybridized carbons (Fsp3) is 0.0769. The summed E-state index contributed by atoms with van der Waals surface area (Å²) in [5.41, 5.74) is 2.98. The van der Waals surface area contributed by atoms with E-state index in [4.69, 9.17) is 9.47 Å². The van der Waals surface area contributed by atoms with Crippen molar-refractivity contribution in [3.63, 3.8) is 0 Å². The van der Waals surface area contributed by atoms with Crippen LogP contribution in [0.25, 0.3) is 11.3 Å². The molecule has 0 saturated carbocycles. The summed E-state index contributed by atoms with van der Waals surface area (Å²) >= 11 is 0. The van der Waals surface area contributed by atoms with Crippen molar-refractivity contribution in [1.29, 1.82) is 5.26 Å². The number of hydrogen-bond acceptors (Lipinski definition) is 7. The third kappa shape index (κ3) is 5.54. The Kier molecular flexibility index (Phi) is 7.85. The van der Waals surface area contributed by atoms with Crippen molar-refractivity contribution in [3.05, 3.63) is 105 Å². The van der Waals surface area contributed by atoms with E-state index < -0.39 is 47.0 Å². The van der Waals surface area contributed by atoms with Gasteiger partial charge in [0.25, 0.3) is 5.56 Å². The molecule has 0 spiro atoms. The third-order valence-corrected chi connectivity index (χ3v) is 5.31. The summed E-state index contributed by atoms with van der Waals surface area (Å²) in [7, 11) is 1.31. The Bertz CT molecular complexity index is 1640. The maximum absolute atomic E-state index is 14.0. The number of halogens is 5. The summed E-state index contributed by atoms with van der Waals surface area (Å²) in [4.78, 5) is 19.0. The molecule has 0 radical (unpaired) electrons. The van der Waals surface area contributed by atoms with Crippen LogP contribution in [0.15, 0.2) is 58.4 Å². The highest BCUT2D eigenvalue weighted by Gasteiger charge is 2.27. The van der Waals surface area contributed by atoms with Crippen LogP contribution >= 0.6 is 0 Å². The molecule has 4 rings (SSSR count). The van der Waals surface area contributed by atoms with Crippen molar-refractivity contribution in [3.8, 4) is 28.8 Å². The molecule has 1 aromatic heterocycles. The highest BCUT2D eigenvalue weighted by atomic mass is 19.2. The van der Waals surface area contributed by atoms with Crippen LogP contribution in [0.2, 0.25) is 0 Å². The van der Waals surface area contributed by atoms with Crippen LogP contribution < -0.4 is 20.5 Å². The molecule has 0 saturated heterocycles. The number of benzene rings is 3. The summed E-state index contributed by atoms with van der Waals surface area (Å²) in [6, 6.07) is 14.9. The topological polar surface area (TPSA) is 112 Å². The second-order valence-electron chi connectivity index (χ2n) is 7.74. The Morgan fingerprint density at radius 2 is 1.69 bits per heavy atom. The molecule has 0 aliphatic carbocycles. The third-order valence-electron chi connectivity index (χ3n) is 5.31. The molecule has 0 amide bonds. The molecule has 0 aliphatic heterocycles. The molecule has 4 aromatic rings. The number of ether oxygens (including phenoxy) is 2. The largest absolute Gasteiger partial charge is 0.496 e. The number of H-pyrrole nitrogens is 1. The van der Waals surface area contributed by atoms with Crippen LogP contribution in [-0.2, 0) is 6.61 Å². The van der Waals surface area contributed by atoms with Crippen LogP contribution in [0.3, 0.4) is 0 Å². The maximum Gasteiger partial charge on any atom is 0.270 e. The van der Waals surface area contributed by atoms with E-state index in [1.165, 1.54) is 25.5 Å². The van der Waals surface area contributed by atoms with Gasteiger partial charge in [-0.2, -0.15) is 19.1 Å². The predicted octanol–water partition coefficient (Wildman–Crippen LogP) is 5.04. The molecule has 198 valence electrons. The molecule has 8 nitrogen and oxygen atoms in total. The van der Waals surface area contributed by atoms with Gasteiger partial charge in [0.15, 0.2) is 5.75 Å². The van der Waals surface area contributed by atoms with Gasteiger partial charge in [-0.1, -0.05) is 30.3 Å². The normalized spacial score (nSPS) is 10.9. The minimum atomic E-state index is -2.30. The summed E-state index contributed by atoms with van der Waals surface area (Å²) in [5, 5.41) is 13.3. The molecule has 1 heterocycles. The standard InChI is InChI=1S/C26H16F5N5O3/c1-38-17-8-7-13(9-15(17)12-39-24-21(30)19(28)18(27)20(29)22(24)31)11-33-36-26-34-23(14-5-3-2-4-6-14)16(10-32)25(37)35-26/h2-9,11H,12H2,1H3,(H2,34,35,36,37). The van der Waals surface area contributed by atoms with Gasteiger partial charge in [-0.25, -0.2) is 23.6 Å². The number of aromatic nitrogens is 2. The van der Waals surface area contributed by atoms with Gasteiger partial charge in [0.2, 0.25) is 35.0 Å². The molecule has 0 fully saturated rings. The van der Waals surface area contributed by atoms with Crippen LogP contribution in [0.4, 0.5) is 27.9 Å². The first-order valence-corrected chi connectivity index (χ1v) is 10.9. The summed E-state index contributed by atoms with van der Waals surface area (Å²) in [6.45, 7) is -0.610. The van der Waals surface area contributed by atoms with Gasteiger partial charge in [0, 0.05) is 11.1 Å². The van der Waals surface area contributed by atoms with E-state index in [0.29, 0.717) is 11.1 Å². The second kappa shape index (κ2) is 11.4. The van der Waals surface area contributed by atoms with Gasteiger partial charge >= 0.3 is 0 Å². The lowest BCUT2D eigenvalue weighted by atomic mass is 10.1. The van der Waals surface area contributed by atoms with Crippen LogP contribution in [-0.4, -0.2) is 23.3 Å². The molecular weight excluding hydrogens is 525 g/mol. The number of hydrogen-bond donors (Lipinski definition) is 2. The van der Waals surface area contributed by atoms with E-state index in [9.17, 15) is 32.0 Å². The number of nitrogens with one attached hydrogen (secondary N) is 2. The molecule has 0 bridgehead atoms. The van der Waals surface area contributed by atoms with Crippen molar-refractivity contribution >= 4 is 12.2 Å². The van der Waals surface area contributed by atoms with Gasteiger partial charge in [0.05, 0.1) is 19.0 Å². The number of nitriles is 1. The summed E-state index contributed by atoms with van der Waals surface area (Å²) in [6.07, 6.45) is 1.29. The molecule has 0 aliphatic rings. The highest BCUT2D eigenvalue weighted by molar-refractivity contribution is 5.81. The first-order valence-electron chi connectivity index (χ1n) is 10.9. The Hall–Kier alpha value is -5.25. The first kappa shape index (κ1) is 26.8. The monoisotopic (exact) mass is 541 g/mol. The lowest BCUT2D eigenvalue weighted by Crippen LogP contribution is -2.16. The fourth-order valence-electron chi connectivity index (χ4n) is 3.46. The average Bonchev–Trinajstić information content (AvgIpc) is 2.95. The quantitative estimate of drug-likeness (QED) is 0.106. The predicted molar refractivity (Wildman–Crippen MR) is 130 cm³/mol. The maximum atomic E-state index is 14.0. The van der Waals surface area contributed by atoms with Crippen molar-refractivity contribution in [1.82, 2.24) is 9.97 Å². The molecule has 13 heteroatoms. The number of aromatic amines is 1. The van der Waals surface area contributed by atoms with Gasteiger partial charge in [-0.3, -0.25) is 9.78 Å². The summed E-state index contributed by atoms with van der Waals surface area (Å²) < 4.78 is 78.2. The average molecular weight is 541 g/mol. The molecule has 0 unspecified atom stereocenters. The second-order valence-corrected chi connectivity index (χ2v) is 7.74. The van der Waals surface area contributed by atoms with Gasteiger partial charge in [-0.15, -0.1) is 0 Å². The fourth-order valence-corrected chi connectivity index (χ4v) is 3.46. The Labute approximate surface area is 217 Å². The van der Waals surface area contributed by atoms with E-state index in [1.54, 1.807) is 36.4 Å². The van der Waals surface area contributed by atoms with Crippen molar-refractivity contribution in [2.45, 2.75) is 6.61 Å². The van der Waals surface area contributed by atoms with Crippen LogP contribution in [0, 0.1) is 40.4 Å². The lowest BCUT2D eigenvalue weighted by molar-refractivity contribution is 0.249. The zero-order chi connectivity index (χ0) is 28.1. The van der Waals surface area contributed by atoms with Crippen LogP contribution in [0.5, 0.6) is 11.5 Å². The number of hydrazone groups is 1. The Morgan fingerprint density at radius 1 is 1.03 bits per heavy atom. The van der Waals surface area contributed by atoms with Crippen LogP contribution in [0.1, 0.15) is 16.7 Å². The van der Waals surface area contributed by atoms with E-state index in [2.05, 4.69) is 20.5 Å². The van der Waals surface area contributed by atoms with Crippen molar-refractivity contribution in [2.75, 3.05) is 12.5 Å². The zero-order valence-electron chi connectivity index (χ0n) is 19.9. The highest BCUT2D eigenvalue weighted by Crippen LogP contribution is 2.31. The summed E-state index contributed by atoms with van der Waals surface area (Å²) in [5.74, 6) is -12.1. The van der Waals surface area contributed by atoms with Gasteiger partial charge < -0.3 is 9.47 Å². The Morgan fingerprint density at radius 3 is 2.33 bits per heavy atom. The Balaban J connectivity index is 1.56. The van der Waals surface area contributed by atoms with E-state index in [1.807, 2.05) is 6.07 Å². The lowest BCUT2D eigenvalue weighted by Gasteiger charge is -2.13. The van der Waals surface area contributed by atoms with E-state index in [-0.39, 0.29) is 28.5 Å². The first-order chi connectivity index (χ1) is 18.7. The number of rotatable bonds is 8. The SMILES string of the molecule is COc1ccc(C=NNc2nc(-c3ccccc3)c(C#N)c(=O)[nH]2)cc1COc1c(F)c(F)c(F)c(F)c1F. The van der Waals surface area contributed by atoms with Crippen molar-refractivity contribution in [2.24, 2.45) is 5.10 Å². The minimum Gasteiger partial charge on any atom is -0.496 e. The number of methoxy groups -OCH3 is 1. The van der Waals surface area contributed by atoms with Gasteiger partial charge in [-0.05, 0) is 23.8 Å². The van der Waals surface area contributed by atoms with E-state index in [0.717, 1.165) is 0 Å². The number of nitrogens with zero attached hydrogens (tertiary/aromatic N) is 3. The molecule has 0 atom stereocenters. The molecule has 3 aromatic carbocycles. The smallest absolute Gasteiger partial charge is 0.270 e. The minimum absolute atomic E-state index is 0.0579. The van der Waals surface area contributed by atoms with Crippen molar-refractivity contribution < 1.29 is 31.4 Å². The van der Waals surface area contributed by atoms with Gasteiger partial charge in [0.1, 0.15) is 24.0 Å². The molecular formula is C26H16F5N5O3. The van der Waals surface area contributed by atoms with E-state index >= 15 is 0 Å².